The smallest absolute Gasteiger partial charge is 0.160 e. The number of rotatable bonds is 6. The van der Waals surface area contributed by atoms with Crippen LogP contribution in [-0.4, -0.2) is 9.97 Å². The molecule has 0 aliphatic heterocycles. The van der Waals surface area contributed by atoms with E-state index < -0.39 is 5.41 Å². The van der Waals surface area contributed by atoms with Crippen molar-refractivity contribution in [3.63, 3.8) is 0 Å². The van der Waals surface area contributed by atoms with Crippen LogP contribution in [-0.2, 0) is 5.41 Å². The first kappa shape index (κ1) is 38.7. The maximum absolute atomic E-state index is 5.44. The van der Waals surface area contributed by atoms with Crippen LogP contribution < -0.4 is 0 Å². The lowest BCUT2D eigenvalue weighted by atomic mass is 9.70. The van der Waals surface area contributed by atoms with Gasteiger partial charge in [0.15, 0.2) is 5.82 Å². The first-order valence-corrected chi connectivity index (χ1v) is 24.1. The van der Waals surface area contributed by atoms with Crippen LogP contribution in [0.2, 0.25) is 0 Å². The Labute approximate surface area is 399 Å². The van der Waals surface area contributed by atoms with Crippen molar-refractivity contribution in [2.75, 3.05) is 0 Å². The summed E-state index contributed by atoms with van der Waals surface area (Å²) in [5.74, 6) is 0.692. The van der Waals surface area contributed by atoms with Crippen LogP contribution in [0.1, 0.15) is 22.3 Å². The molecule has 3 heteroatoms. The summed E-state index contributed by atoms with van der Waals surface area (Å²) in [6, 6.07) is 88.8. The molecule has 0 unspecified atom stereocenters. The monoisotopic (exact) mass is 880 g/mol. The Morgan fingerprint density at radius 1 is 0.265 bits per heavy atom. The predicted octanol–water partition coefficient (Wildman–Crippen LogP) is 17.2. The number of hydrogen-bond acceptors (Lipinski definition) is 3. The molecule has 2 heterocycles. The Hall–Kier alpha value is -8.50. The van der Waals surface area contributed by atoms with Crippen LogP contribution in [0.4, 0.5) is 0 Å². The number of fused-ring (bicyclic) bond motifs is 13. The maximum Gasteiger partial charge on any atom is 0.160 e. The fourth-order valence-electron chi connectivity index (χ4n) is 11.2. The van der Waals surface area contributed by atoms with Gasteiger partial charge in [-0.05, 0) is 132 Å². The Bertz CT molecular complexity index is 3910. The van der Waals surface area contributed by atoms with Crippen molar-refractivity contribution in [1.82, 2.24) is 9.97 Å². The zero-order valence-corrected chi connectivity index (χ0v) is 37.7. The summed E-state index contributed by atoms with van der Waals surface area (Å²) in [5.41, 5.74) is 21.7. The summed E-state index contributed by atoms with van der Waals surface area (Å²) in [4.78, 5) is 10.9. The van der Waals surface area contributed by atoms with Gasteiger partial charge in [-0.25, -0.2) is 9.97 Å². The van der Waals surface area contributed by atoms with E-state index in [0.29, 0.717) is 5.82 Å². The molecule has 2 aliphatic rings. The van der Waals surface area contributed by atoms with E-state index in [9.17, 15) is 0 Å². The molecular formula is C65H40N2S. The van der Waals surface area contributed by atoms with E-state index in [4.69, 9.17) is 9.97 Å². The molecule has 0 bridgehead atoms. The molecule has 0 atom stereocenters. The van der Waals surface area contributed by atoms with Gasteiger partial charge in [-0.1, -0.05) is 188 Å². The van der Waals surface area contributed by atoms with Crippen molar-refractivity contribution in [3.8, 4) is 89.5 Å². The highest BCUT2D eigenvalue weighted by Crippen LogP contribution is 2.63. The largest absolute Gasteiger partial charge is 0.228 e. The van der Waals surface area contributed by atoms with Crippen molar-refractivity contribution in [2.45, 2.75) is 5.41 Å². The molecule has 0 fully saturated rings. The molecule has 316 valence electrons. The summed E-state index contributed by atoms with van der Waals surface area (Å²) in [6.07, 6.45) is 0. The molecule has 14 rings (SSSR count). The number of aromatic nitrogens is 2. The van der Waals surface area contributed by atoms with Crippen LogP contribution >= 0.6 is 11.3 Å². The molecule has 0 amide bonds. The van der Waals surface area contributed by atoms with E-state index in [2.05, 4.69) is 243 Å². The second-order valence-corrected chi connectivity index (χ2v) is 19.1. The molecule has 2 nitrogen and oxygen atoms in total. The predicted molar refractivity (Wildman–Crippen MR) is 284 cm³/mol. The minimum Gasteiger partial charge on any atom is -0.228 e. The van der Waals surface area contributed by atoms with Crippen molar-refractivity contribution >= 4 is 31.5 Å². The molecule has 1 spiro atoms. The van der Waals surface area contributed by atoms with E-state index >= 15 is 0 Å². The third kappa shape index (κ3) is 5.96. The Morgan fingerprint density at radius 2 is 0.735 bits per heavy atom. The van der Waals surface area contributed by atoms with E-state index in [1.807, 2.05) is 11.3 Å². The molecule has 0 N–H and O–H groups in total. The van der Waals surface area contributed by atoms with Crippen LogP contribution in [0.3, 0.4) is 0 Å². The molecule has 0 saturated carbocycles. The SMILES string of the molecule is c1ccc(-c2cccc(-c3cc(-c4ccc5sc6ccccc6c5c4)cc(-c4cc(-c5ccc6c(c5)C5(c7ccccc7-c7ccccc75)c5ccccc5-6)nc(-c5ccccc5)n4)c3)c2)cc1. The number of benzene rings is 10. The highest BCUT2D eigenvalue weighted by Gasteiger charge is 2.51. The minimum absolute atomic E-state index is 0.459. The maximum atomic E-state index is 5.44. The summed E-state index contributed by atoms with van der Waals surface area (Å²) < 4.78 is 2.59. The van der Waals surface area contributed by atoms with E-state index in [1.165, 1.54) is 81.4 Å². The average Bonchev–Trinajstić information content (AvgIpc) is 4.05. The molecule has 0 radical (unpaired) electrons. The minimum atomic E-state index is -0.459. The topological polar surface area (TPSA) is 25.8 Å². The third-order valence-corrected chi connectivity index (χ3v) is 15.4. The first-order chi connectivity index (χ1) is 33.7. The van der Waals surface area contributed by atoms with Gasteiger partial charge in [0.2, 0.25) is 0 Å². The Morgan fingerprint density at radius 3 is 1.41 bits per heavy atom. The van der Waals surface area contributed by atoms with Gasteiger partial charge in [-0.3, -0.25) is 0 Å². The van der Waals surface area contributed by atoms with Crippen molar-refractivity contribution in [2.24, 2.45) is 0 Å². The van der Waals surface area contributed by atoms with Crippen LogP contribution in [0.5, 0.6) is 0 Å². The number of thiophene rings is 1. The summed E-state index contributed by atoms with van der Waals surface area (Å²) in [7, 11) is 0. The van der Waals surface area contributed by atoms with Gasteiger partial charge >= 0.3 is 0 Å². The van der Waals surface area contributed by atoms with Gasteiger partial charge in [0.25, 0.3) is 0 Å². The summed E-state index contributed by atoms with van der Waals surface area (Å²) in [5, 5.41) is 2.57. The van der Waals surface area contributed by atoms with Gasteiger partial charge in [-0.15, -0.1) is 11.3 Å². The van der Waals surface area contributed by atoms with Crippen molar-refractivity contribution < 1.29 is 0 Å². The number of nitrogens with zero attached hydrogens (tertiary/aromatic N) is 2. The fraction of sp³-hybridized carbons (Fsp3) is 0.0154. The van der Waals surface area contributed by atoms with Crippen molar-refractivity contribution in [3.05, 3.63) is 265 Å². The highest BCUT2D eigenvalue weighted by molar-refractivity contribution is 7.25. The zero-order chi connectivity index (χ0) is 44.8. The lowest BCUT2D eigenvalue weighted by Gasteiger charge is -2.30. The lowest BCUT2D eigenvalue weighted by Crippen LogP contribution is -2.25. The second-order valence-electron chi connectivity index (χ2n) is 18.0. The molecule has 10 aromatic carbocycles. The molecule has 0 saturated heterocycles. The normalized spacial score (nSPS) is 12.8. The molecule has 68 heavy (non-hydrogen) atoms. The standard InChI is InChI=1S/C65H40N2S/c1-3-16-41(17-4-1)43-20-15-21-44(34-43)47-35-48(45-31-33-63-55(38-45)54-25-10-14-29-62(54)68-63)37-49(36-47)61-40-60(66-64(67-61)42-18-5-2-6-19-42)46-30-32-53-52-24-9-13-28-58(52)65(59(53)39-46)56-26-11-7-22-50(56)51-23-8-12-27-57(51)65/h1-40H. The van der Waals surface area contributed by atoms with E-state index in [0.717, 1.165) is 44.8 Å². The van der Waals surface area contributed by atoms with E-state index in [1.54, 1.807) is 0 Å². The van der Waals surface area contributed by atoms with Gasteiger partial charge in [0.05, 0.1) is 16.8 Å². The summed E-state index contributed by atoms with van der Waals surface area (Å²) >= 11 is 1.85. The van der Waals surface area contributed by atoms with Gasteiger partial charge in [0.1, 0.15) is 0 Å². The number of hydrogen-bond donors (Lipinski definition) is 0. The first-order valence-electron chi connectivity index (χ1n) is 23.3. The molecule has 12 aromatic rings. The van der Waals surface area contributed by atoms with Gasteiger partial charge in [0, 0.05) is 36.9 Å². The second kappa shape index (κ2) is 15.3. The van der Waals surface area contributed by atoms with Crippen LogP contribution in [0, 0.1) is 0 Å². The van der Waals surface area contributed by atoms with E-state index in [-0.39, 0.29) is 0 Å². The Kier molecular flexibility index (Phi) is 8.71. The molecule has 2 aliphatic carbocycles. The lowest BCUT2D eigenvalue weighted by molar-refractivity contribution is 0.794. The Balaban J connectivity index is 0.990. The summed E-state index contributed by atoms with van der Waals surface area (Å²) in [6.45, 7) is 0. The average molecular weight is 881 g/mol. The third-order valence-electron chi connectivity index (χ3n) is 14.3. The van der Waals surface area contributed by atoms with Crippen LogP contribution in [0.15, 0.2) is 243 Å². The molecule has 2 aromatic heterocycles. The van der Waals surface area contributed by atoms with Gasteiger partial charge in [-0.2, -0.15) is 0 Å². The highest BCUT2D eigenvalue weighted by atomic mass is 32.1. The van der Waals surface area contributed by atoms with Crippen LogP contribution in [0.25, 0.3) is 110 Å². The fourth-order valence-corrected chi connectivity index (χ4v) is 12.3. The molecular weight excluding hydrogens is 841 g/mol. The zero-order valence-electron chi connectivity index (χ0n) is 36.9. The van der Waals surface area contributed by atoms with Gasteiger partial charge < -0.3 is 0 Å². The van der Waals surface area contributed by atoms with Crippen molar-refractivity contribution in [1.29, 1.82) is 0 Å². The quantitative estimate of drug-likeness (QED) is 0.166.